The van der Waals surface area contributed by atoms with Crippen LogP contribution in [-0.4, -0.2) is 11.2 Å². The van der Waals surface area contributed by atoms with Gasteiger partial charge < -0.3 is 0 Å². The summed E-state index contributed by atoms with van der Waals surface area (Å²) in [7, 11) is 0. The number of alkyl halides is 3. The van der Waals surface area contributed by atoms with Gasteiger partial charge in [0.2, 0.25) is 0 Å². The quantitative estimate of drug-likeness (QED) is 0.685. The second kappa shape index (κ2) is 4.06. The fraction of sp³-hybridized carbons (Fsp3) is 0.462. The Hall–Kier alpha value is -1.50. The minimum Gasteiger partial charge on any atom is -0.263 e. The van der Waals surface area contributed by atoms with E-state index in [9.17, 15) is 13.2 Å². The van der Waals surface area contributed by atoms with E-state index in [1.54, 1.807) is 12.3 Å². The van der Waals surface area contributed by atoms with Crippen molar-refractivity contribution in [1.29, 1.82) is 0 Å². The van der Waals surface area contributed by atoms with Gasteiger partial charge in [0.25, 0.3) is 0 Å². The number of hydrogen-bond acceptors (Lipinski definition) is 1. The van der Waals surface area contributed by atoms with E-state index in [2.05, 4.69) is 16.8 Å². The summed E-state index contributed by atoms with van der Waals surface area (Å²) < 4.78 is 37.9. The molecule has 0 spiro atoms. The number of hydrogen-bond donors (Lipinski definition) is 0. The molecule has 2 rings (SSSR count). The maximum atomic E-state index is 12.6. The lowest BCUT2D eigenvalue weighted by atomic mass is 10.1. The molecule has 0 saturated heterocycles. The summed E-state index contributed by atoms with van der Waals surface area (Å²) in [5.74, 6) is 4.96. The van der Waals surface area contributed by atoms with Gasteiger partial charge in [-0.05, 0) is 30.9 Å². The zero-order chi connectivity index (χ0) is 12.5. The summed E-state index contributed by atoms with van der Waals surface area (Å²) in [6, 6.07) is 1.78. The molecule has 0 radical (unpaired) electrons. The van der Waals surface area contributed by atoms with Crippen molar-refractivity contribution in [1.82, 2.24) is 4.98 Å². The maximum absolute atomic E-state index is 12.6. The van der Waals surface area contributed by atoms with Crippen molar-refractivity contribution in [2.24, 2.45) is 5.41 Å². The molecule has 0 atom stereocenters. The molecule has 1 heterocycles. The molecular formula is C13H12F3N. The summed E-state index contributed by atoms with van der Waals surface area (Å²) in [5, 5.41) is 0. The Bertz CT molecular complexity index is 475. The van der Waals surface area contributed by atoms with Gasteiger partial charge >= 0.3 is 6.18 Å². The van der Waals surface area contributed by atoms with Crippen LogP contribution in [0.15, 0.2) is 18.5 Å². The average Bonchev–Trinajstić information content (AvgIpc) is 3.07. The molecule has 0 aromatic carbocycles. The molecule has 17 heavy (non-hydrogen) atoms. The first-order valence-electron chi connectivity index (χ1n) is 5.51. The van der Waals surface area contributed by atoms with E-state index >= 15 is 0 Å². The van der Waals surface area contributed by atoms with E-state index in [0.717, 1.165) is 12.0 Å². The van der Waals surface area contributed by atoms with Gasteiger partial charge in [0.15, 0.2) is 0 Å². The van der Waals surface area contributed by atoms with E-state index in [4.69, 9.17) is 0 Å². The Kier molecular flexibility index (Phi) is 2.86. The molecule has 1 fully saturated rings. The zero-order valence-electron chi connectivity index (χ0n) is 9.43. The number of halogens is 3. The topological polar surface area (TPSA) is 12.9 Å². The first kappa shape index (κ1) is 12.0. The summed E-state index contributed by atoms with van der Waals surface area (Å²) >= 11 is 0. The van der Waals surface area contributed by atoms with Gasteiger partial charge in [-0.25, -0.2) is 0 Å². The standard InChI is InChI=1S/C13H12F3N/c1-2-10-7-11(9-17-8-10)3-4-12(5-6-12)13(14,15)16/h7-9H,2,5-6H2,1H3. The zero-order valence-corrected chi connectivity index (χ0v) is 9.43. The van der Waals surface area contributed by atoms with Crippen molar-refractivity contribution in [3.63, 3.8) is 0 Å². The second-order valence-corrected chi connectivity index (χ2v) is 4.27. The molecule has 90 valence electrons. The third-order valence-corrected chi connectivity index (χ3v) is 2.94. The van der Waals surface area contributed by atoms with Crippen molar-refractivity contribution in [3.8, 4) is 11.8 Å². The molecule has 1 aliphatic rings. The third kappa shape index (κ3) is 2.44. The maximum Gasteiger partial charge on any atom is 0.405 e. The normalized spacial score (nSPS) is 17.2. The van der Waals surface area contributed by atoms with Crippen LogP contribution in [0.2, 0.25) is 0 Å². The molecule has 0 N–H and O–H groups in total. The molecule has 1 aromatic rings. The van der Waals surface area contributed by atoms with Crippen molar-refractivity contribution in [2.45, 2.75) is 32.4 Å². The van der Waals surface area contributed by atoms with Crippen molar-refractivity contribution >= 4 is 0 Å². The van der Waals surface area contributed by atoms with Gasteiger partial charge in [-0.15, -0.1) is 0 Å². The molecule has 1 aliphatic carbocycles. The molecule has 1 nitrogen and oxygen atoms in total. The lowest BCUT2D eigenvalue weighted by molar-refractivity contribution is -0.168. The van der Waals surface area contributed by atoms with Crippen molar-refractivity contribution < 1.29 is 13.2 Å². The lowest BCUT2D eigenvalue weighted by Crippen LogP contribution is -2.22. The van der Waals surface area contributed by atoms with Crippen molar-refractivity contribution in [2.75, 3.05) is 0 Å². The minimum absolute atomic E-state index is 0.115. The molecule has 0 amide bonds. The third-order valence-electron chi connectivity index (χ3n) is 2.94. The van der Waals surface area contributed by atoms with Crippen LogP contribution >= 0.6 is 0 Å². The smallest absolute Gasteiger partial charge is 0.263 e. The van der Waals surface area contributed by atoms with Gasteiger partial charge in [-0.1, -0.05) is 18.8 Å². The van der Waals surface area contributed by atoms with E-state index < -0.39 is 11.6 Å². The van der Waals surface area contributed by atoms with Crippen LogP contribution in [0.4, 0.5) is 13.2 Å². The van der Waals surface area contributed by atoms with E-state index in [-0.39, 0.29) is 12.8 Å². The molecule has 0 aliphatic heterocycles. The van der Waals surface area contributed by atoms with Crippen molar-refractivity contribution in [3.05, 3.63) is 29.6 Å². The second-order valence-electron chi connectivity index (χ2n) is 4.27. The van der Waals surface area contributed by atoms with Gasteiger partial charge in [0, 0.05) is 18.0 Å². The first-order valence-corrected chi connectivity index (χ1v) is 5.51. The van der Waals surface area contributed by atoms with Gasteiger partial charge in [-0.2, -0.15) is 13.2 Å². The lowest BCUT2D eigenvalue weighted by Gasteiger charge is -2.11. The molecule has 0 bridgehead atoms. The van der Waals surface area contributed by atoms with Crippen LogP contribution in [0.5, 0.6) is 0 Å². The summed E-state index contributed by atoms with van der Waals surface area (Å²) in [6.45, 7) is 1.96. The Balaban J connectivity index is 2.22. The number of rotatable bonds is 1. The molecule has 1 saturated carbocycles. The highest BCUT2D eigenvalue weighted by molar-refractivity contribution is 5.38. The summed E-state index contributed by atoms with van der Waals surface area (Å²) in [5.41, 5.74) is -0.219. The first-order chi connectivity index (χ1) is 7.97. The largest absolute Gasteiger partial charge is 0.405 e. The van der Waals surface area contributed by atoms with Crippen LogP contribution < -0.4 is 0 Å². The van der Waals surface area contributed by atoms with Gasteiger partial charge in [0.05, 0.1) is 0 Å². The highest BCUT2D eigenvalue weighted by atomic mass is 19.4. The predicted octanol–water partition coefficient (Wildman–Crippen LogP) is 3.34. The molecule has 1 aromatic heterocycles. The Labute approximate surface area is 98.1 Å². The fourth-order valence-corrected chi connectivity index (χ4v) is 1.55. The summed E-state index contributed by atoms with van der Waals surface area (Å²) in [6.07, 6.45) is 0.0119. The average molecular weight is 239 g/mol. The number of aryl methyl sites for hydroxylation is 1. The monoisotopic (exact) mass is 239 g/mol. The molecular weight excluding hydrogens is 227 g/mol. The van der Waals surface area contributed by atoms with Crippen LogP contribution in [0.3, 0.4) is 0 Å². The molecule has 0 unspecified atom stereocenters. The van der Waals surface area contributed by atoms with Crippen LogP contribution in [0, 0.1) is 17.3 Å². The van der Waals surface area contributed by atoms with Crippen LogP contribution in [0.25, 0.3) is 0 Å². The number of aromatic nitrogens is 1. The minimum atomic E-state index is -4.21. The van der Waals surface area contributed by atoms with E-state index in [1.165, 1.54) is 6.20 Å². The van der Waals surface area contributed by atoms with Gasteiger partial charge in [0.1, 0.15) is 5.41 Å². The predicted molar refractivity (Wildman–Crippen MR) is 58.2 cm³/mol. The van der Waals surface area contributed by atoms with Gasteiger partial charge in [-0.3, -0.25) is 4.98 Å². The number of nitrogens with zero attached hydrogens (tertiary/aromatic N) is 1. The Morgan fingerprint density at radius 1 is 1.35 bits per heavy atom. The molecule has 4 heteroatoms. The van der Waals surface area contributed by atoms with Crippen LogP contribution in [-0.2, 0) is 6.42 Å². The number of pyridine rings is 1. The van der Waals surface area contributed by atoms with E-state index in [0.29, 0.717) is 5.56 Å². The van der Waals surface area contributed by atoms with Crippen LogP contribution in [0.1, 0.15) is 30.9 Å². The Morgan fingerprint density at radius 3 is 2.59 bits per heavy atom. The van der Waals surface area contributed by atoms with E-state index in [1.807, 2.05) is 6.92 Å². The Morgan fingerprint density at radius 2 is 2.06 bits per heavy atom. The fourth-order valence-electron chi connectivity index (χ4n) is 1.55. The summed E-state index contributed by atoms with van der Waals surface area (Å²) in [4.78, 5) is 3.95. The highest BCUT2D eigenvalue weighted by Crippen LogP contribution is 2.57. The SMILES string of the molecule is CCc1cncc(C#CC2(C(F)(F)F)CC2)c1. The highest BCUT2D eigenvalue weighted by Gasteiger charge is 2.62.